The van der Waals surface area contributed by atoms with Crippen LogP contribution in [0.15, 0.2) is 23.5 Å². The molecule has 0 aliphatic rings. The predicted octanol–water partition coefficient (Wildman–Crippen LogP) is 1.75. The van der Waals surface area contributed by atoms with Crippen molar-refractivity contribution in [2.45, 2.75) is 25.9 Å². The molecule has 0 saturated carbocycles. The van der Waals surface area contributed by atoms with E-state index in [1.54, 1.807) is 6.20 Å². The van der Waals surface area contributed by atoms with E-state index in [1.165, 1.54) is 0 Å². The fourth-order valence-electron chi connectivity index (χ4n) is 1.78. The van der Waals surface area contributed by atoms with E-state index in [2.05, 4.69) is 35.3 Å². The molecule has 0 aromatic carbocycles. The maximum atomic E-state index is 8.78. The summed E-state index contributed by atoms with van der Waals surface area (Å²) in [4.78, 5) is 6.43. The second-order valence-corrected chi connectivity index (χ2v) is 5.53. The Labute approximate surface area is 118 Å². The molecule has 0 spiro atoms. The number of amidine groups is 1. The van der Waals surface area contributed by atoms with Gasteiger partial charge in [0.15, 0.2) is 5.84 Å². The van der Waals surface area contributed by atoms with E-state index in [0.29, 0.717) is 11.7 Å². The number of nitrogens with zero attached hydrogens (tertiary/aromatic N) is 3. The van der Waals surface area contributed by atoms with E-state index >= 15 is 0 Å². The molecule has 0 fully saturated rings. The van der Waals surface area contributed by atoms with Crippen LogP contribution in [-0.4, -0.2) is 46.0 Å². The lowest BCUT2D eigenvalue weighted by atomic mass is 10.1. The van der Waals surface area contributed by atoms with Crippen LogP contribution in [0.3, 0.4) is 0 Å². The molecule has 6 heteroatoms. The van der Waals surface area contributed by atoms with Crippen LogP contribution in [0.5, 0.6) is 0 Å². The van der Waals surface area contributed by atoms with Crippen LogP contribution in [-0.2, 0) is 6.54 Å². The first-order valence-electron chi connectivity index (χ1n) is 6.21. The second kappa shape index (κ2) is 8.01. The third-order valence-electron chi connectivity index (χ3n) is 3.15. The van der Waals surface area contributed by atoms with E-state index in [4.69, 9.17) is 10.9 Å². The number of hydrogen-bond donors (Lipinski definition) is 2. The molecule has 0 aliphatic carbocycles. The largest absolute Gasteiger partial charge is 0.409 e. The van der Waals surface area contributed by atoms with Gasteiger partial charge < -0.3 is 10.9 Å². The average Bonchev–Trinajstić information content (AvgIpc) is 2.44. The van der Waals surface area contributed by atoms with Crippen molar-refractivity contribution >= 4 is 17.6 Å². The van der Waals surface area contributed by atoms with Crippen LogP contribution in [0.1, 0.15) is 24.6 Å². The van der Waals surface area contributed by atoms with E-state index in [-0.39, 0.29) is 5.84 Å². The molecular formula is C13H22N4OS. The minimum absolute atomic E-state index is 0.0563. The van der Waals surface area contributed by atoms with Gasteiger partial charge in [0.25, 0.3) is 0 Å². The van der Waals surface area contributed by atoms with Gasteiger partial charge in [-0.15, -0.1) is 0 Å². The Kier molecular flexibility index (Phi) is 6.66. The Morgan fingerprint density at radius 2 is 2.37 bits per heavy atom. The van der Waals surface area contributed by atoms with Crippen molar-refractivity contribution in [3.05, 3.63) is 29.6 Å². The molecule has 5 nitrogen and oxygen atoms in total. The van der Waals surface area contributed by atoms with Crippen LogP contribution in [0, 0.1) is 0 Å². The summed E-state index contributed by atoms with van der Waals surface area (Å²) in [6.45, 7) is 2.94. The van der Waals surface area contributed by atoms with Crippen LogP contribution in [0.4, 0.5) is 0 Å². The summed E-state index contributed by atoms with van der Waals surface area (Å²) in [5, 5.41) is 11.8. The number of pyridine rings is 1. The molecule has 1 aromatic heterocycles. The summed E-state index contributed by atoms with van der Waals surface area (Å²) in [6, 6.07) is 4.30. The van der Waals surface area contributed by atoms with E-state index < -0.39 is 0 Å². The first kappa shape index (κ1) is 15.8. The van der Waals surface area contributed by atoms with Crippen molar-refractivity contribution in [2.75, 3.05) is 19.1 Å². The first-order chi connectivity index (χ1) is 9.10. The van der Waals surface area contributed by atoms with Crippen LogP contribution < -0.4 is 5.73 Å². The zero-order valence-electron chi connectivity index (χ0n) is 11.7. The molecule has 1 rings (SSSR count). The van der Waals surface area contributed by atoms with Gasteiger partial charge in [0.05, 0.1) is 0 Å². The van der Waals surface area contributed by atoms with Crippen molar-refractivity contribution in [1.82, 2.24) is 9.88 Å². The van der Waals surface area contributed by atoms with Gasteiger partial charge >= 0.3 is 0 Å². The van der Waals surface area contributed by atoms with Crippen LogP contribution in [0.2, 0.25) is 0 Å². The smallest absolute Gasteiger partial charge is 0.189 e. The summed E-state index contributed by atoms with van der Waals surface area (Å²) >= 11 is 1.85. The van der Waals surface area contributed by atoms with Gasteiger partial charge in [-0.3, -0.25) is 9.88 Å². The molecule has 106 valence electrons. The van der Waals surface area contributed by atoms with E-state index in [9.17, 15) is 0 Å². The molecule has 0 saturated heterocycles. The van der Waals surface area contributed by atoms with Gasteiger partial charge in [0.1, 0.15) is 5.69 Å². The van der Waals surface area contributed by atoms with Crippen molar-refractivity contribution in [1.29, 1.82) is 0 Å². The van der Waals surface area contributed by atoms with Gasteiger partial charge in [-0.1, -0.05) is 11.2 Å². The average molecular weight is 282 g/mol. The highest BCUT2D eigenvalue weighted by Crippen LogP contribution is 2.13. The van der Waals surface area contributed by atoms with E-state index in [0.717, 1.165) is 24.3 Å². The minimum Gasteiger partial charge on any atom is -0.409 e. The van der Waals surface area contributed by atoms with Crippen molar-refractivity contribution in [3.63, 3.8) is 0 Å². The Morgan fingerprint density at radius 1 is 1.63 bits per heavy atom. The third kappa shape index (κ3) is 4.72. The molecule has 1 heterocycles. The lowest BCUT2D eigenvalue weighted by Crippen LogP contribution is -2.30. The second-order valence-electron chi connectivity index (χ2n) is 4.54. The highest BCUT2D eigenvalue weighted by molar-refractivity contribution is 7.98. The Hall–Kier alpha value is -1.27. The summed E-state index contributed by atoms with van der Waals surface area (Å²) in [5.41, 5.74) is 7.16. The van der Waals surface area contributed by atoms with Crippen molar-refractivity contribution in [3.8, 4) is 0 Å². The highest BCUT2D eigenvalue weighted by Gasteiger charge is 2.13. The predicted molar refractivity (Wildman–Crippen MR) is 80.7 cm³/mol. The molecule has 19 heavy (non-hydrogen) atoms. The van der Waals surface area contributed by atoms with Gasteiger partial charge in [-0.05, 0) is 44.0 Å². The maximum absolute atomic E-state index is 8.78. The zero-order chi connectivity index (χ0) is 14.3. The molecule has 1 unspecified atom stereocenters. The Bertz CT molecular complexity index is 425. The van der Waals surface area contributed by atoms with Crippen molar-refractivity contribution < 1.29 is 5.21 Å². The molecule has 0 bridgehead atoms. The minimum atomic E-state index is 0.0563. The number of aromatic nitrogens is 1. The molecule has 0 radical (unpaired) electrons. The third-order valence-corrected chi connectivity index (χ3v) is 3.80. The van der Waals surface area contributed by atoms with Crippen molar-refractivity contribution in [2.24, 2.45) is 10.9 Å². The quantitative estimate of drug-likeness (QED) is 0.345. The summed E-state index contributed by atoms with van der Waals surface area (Å²) in [6.07, 6.45) is 4.90. The standard InChI is InChI=1S/C13H22N4OS/c1-10(6-8-19-3)17(2)9-11-5-4-7-15-12(11)13(14)16-18/h4-5,7,10,18H,6,8-9H2,1-3H3,(H2,14,16). The summed E-state index contributed by atoms with van der Waals surface area (Å²) in [5.74, 6) is 1.20. The SMILES string of the molecule is CSCCC(C)N(C)Cc1cccnc1/C(N)=N/O. The Balaban J connectivity index is 2.76. The number of nitrogens with two attached hydrogens (primary N) is 1. The van der Waals surface area contributed by atoms with Crippen LogP contribution in [0.25, 0.3) is 0 Å². The normalized spacial score (nSPS) is 13.8. The molecule has 0 amide bonds. The van der Waals surface area contributed by atoms with Gasteiger partial charge in [-0.25, -0.2) is 0 Å². The fourth-order valence-corrected chi connectivity index (χ4v) is 2.35. The number of hydrogen-bond acceptors (Lipinski definition) is 5. The van der Waals surface area contributed by atoms with Gasteiger partial charge in [0.2, 0.25) is 0 Å². The molecule has 1 aromatic rings. The molecule has 3 N–H and O–H groups in total. The first-order valence-corrected chi connectivity index (χ1v) is 7.60. The summed E-state index contributed by atoms with van der Waals surface area (Å²) in [7, 11) is 2.08. The molecule has 0 aliphatic heterocycles. The molecular weight excluding hydrogens is 260 g/mol. The lowest BCUT2D eigenvalue weighted by molar-refractivity contribution is 0.244. The zero-order valence-corrected chi connectivity index (χ0v) is 12.5. The monoisotopic (exact) mass is 282 g/mol. The Morgan fingerprint density at radius 3 is 3.00 bits per heavy atom. The topological polar surface area (TPSA) is 74.7 Å². The van der Waals surface area contributed by atoms with E-state index in [1.807, 2.05) is 23.9 Å². The fraction of sp³-hybridized carbons (Fsp3) is 0.538. The maximum Gasteiger partial charge on any atom is 0.189 e. The van der Waals surface area contributed by atoms with Gasteiger partial charge in [0, 0.05) is 18.8 Å². The van der Waals surface area contributed by atoms with Gasteiger partial charge in [-0.2, -0.15) is 11.8 Å². The lowest BCUT2D eigenvalue weighted by Gasteiger charge is -2.25. The highest BCUT2D eigenvalue weighted by atomic mass is 32.2. The van der Waals surface area contributed by atoms with Crippen LogP contribution >= 0.6 is 11.8 Å². The number of oxime groups is 1. The number of rotatable bonds is 7. The summed E-state index contributed by atoms with van der Waals surface area (Å²) < 4.78 is 0. The molecule has 1 atom stereocenters. The number of thioether (sulfide) groups is 1.